The maximum absolute atomic E-state index is 13.4. The van der Waals surface area contributed by atoms with Crippen LogP contribution in [0.15, 0.2) is 18.2 Å². The Morgan fingerprint density at radius 2 is 2.05 bits per heavy atom. The summed E-state index contributed by atoms with van der Waals surface area (Å²) < 4.78 is 31.0. The maximum atomic E-state index is 13.4. The summed E-state index contributed by atoms with van der Waals surface area (Å²) in [5.74, 6) is -3.30. The van der Waals surface area contributed by atoms with Crippen molar-refractivity contribution >= 4 is 11.9 Å². The van der Waals surface area contributed by atoms with Crippen molar-refractivity contribution in [3.63, 3.8) is 0 Å². The van der Waals surface area contributed by atoms with E-state index in [4.69, 9.17) is 9.84 Å². The Labute approximate surface area is 114 Å². The number of methoxy groups -OCH3 is 1. The van der Waals surface area contributed by atoms with Crippen LogP contribution >= 0.6 is 0 Å². The van der Waals surface area contributed by atoms with Gasteiger partial charge in [-0.2, -0.15) is 0 Å². The number of halogens is 2. The van der Waals surface area contributed by atoms with Crippen LogP contribution in [0.25, 0.3) is 0 Å². The second-order valence-corrected chi connectivity index (χ2v) is 4.11. The molecule has 1 amide bonds. The summed E-state index contributed by atoms with van der Waals surface area (Å²) in [7, 11) is 1.42. The van der Waals surface area contributed by atoms with Crippen molar-refractivity contribution in [2.24, 2.45) is 0 Å². The number of nitrogens with zero attached hydrogens (tertiary/aromatic N) is 1. The molecule has 0 saturated carbocycles. The minimum atomic E-state index is -1.17. The summed E-state index contributed by atoms with van der Waals surface area (Å²) in [6.07, 6.45) is -0.330. The lowest BCUT2D eigenvalue weighted by atomic mass is 10.1. The summed E-state index contributed by atoms with van der Waals surface area (Å²) >= 11 is 0. The predicted molar refractivity (Wildman–Crippen MR) is 66.2 cm³/mol. The Kier molecular flexibility index (Phi) is 6.05. The highest BCUT2D eigenvalue weighted by atomic mass is 19.1. The van der Waals surface area contributed by atoms with Crippen LogP contribution in [-0.4, -0.2) is 48.7 Å². The monoisotopic (exact) mass is 287 g/mol. The molecule has 0 atom stereocenters. The summed E-state index contributed by atoms with van der Waals surface area (Å²) in [5.41, 5.74) is 0.0178. The summed E-state index contributed by atoms with van der Waals surface area (Å²) in [6, 6.07) is 2.89. The second-order valence-electron chi connectivity index (χ2n) is 4.11. The van der Waals surface area contributed by atoms with Gasteiger partial charge < -0.3 is 14.7 Å². The fraction of sp³-hybridized carbons (Fsp3) is 0.385. The highest BCUT2D eigenvalue weighted by molar-refractivity contribution is 5.83. The SMILES string of the molecule is COCCN(CC(=O)O)C(=O)Cc1ccc(F)cc1F. The molecule has 7 heteroatoms. The number of aliphatic carboxylic acids is 1. The zero-order valence-electron chi connectivity index (χ0n) is 10.9. The molecule has 0 saturated heterocycles. The van der Waals surface area contributed by atoms with Gasteiger partial charge in [-0.25, -0.2) is 8.78 Å². The molecule has 20 heavy (non-hydrogen) atoms. The van der Waals surface area contributed by atoms with Gasteiger partial charge in [-0.3, -0.25) is 9.59 Å². The summed E-state index contributed by atoms with van der Waals surface area (Å²) in [5, 5.41) is 8.73. The molecule has 0 heterocycles. The van der Waals surface area contributed by atoms with Crippen LogP contribution in [-0.2, 0) is 20.7 Å². The van der Waals surface area contributed by atoms with E-state index in [2.05, 4.69) is 0 Å². The van der Waals surface area contributed by atoms with Crippen LogP contribution in [0.5, 0.6) is 0 Å². The van der Waals surface area contributed by atoms with Crippen molar-refractivity contribution < 1.29 is 28.2 Å². The van der Waals surface area contributed by atoms with Gasteiger partial charge >= 0.3 is 5.97 Å². The van der Waals surface area contributed by atoms with E-state index in [9.17, 15) is 18.4 Å². The van der Waals surface area contributed by atoms with Crippen LogP contribution in [0, 0.1) is 11.6 Å². The van der Waals surface area contributed by atoms with E-state index in [1.165, 1.54) is 7.11 Å². The lowest BCUT2D eigenvalue weighted by Gasteiger charge is -2.20. The molecule has 0 aromatic heterocycles. The van der Waals surface area contributed by atoms with E-state index >= 15 is 0 Å². The molecule has 0 bridgehead atoms. The number of carboxylic acids is 1. The number of rotatable bonds is 7. The predicted octanol–water partition coefficient (Wildman–Crippen LogP) is 1.07. The molecule has 0 unspecified atom stereocenters. The lowest BCUT2D eigenvalue weighted by molar-refractivity contribution is -0.144. The van der Waals surface area contributed by atoms with Crippen LogP contribution in [0.3, 0.4) is 0 Å². The van der Waals surface area contributed by atoms with E-state index in [1.54, 1.807) is 0 Å². The number of ether oxygens (including phenoxy) is 1. The van der Waals surface area contributed by atoms with Gasteiger partial charge in [0, 0.05) is 19.7 Å². The Morgan fingerprint density at radius 3 is 2.60 bits per heavy atom. The van der Waals surface area contributed by atoms with Crippen LogP contribution < -0.4 is 0 Å². The van der Waals surface area contributed by atoms with Gasteiger partial charge in [0.2, 0.25) is 5.91 Å². The van der Waals surface area contributed by atoms with Gasteiger partial charge in [-0.15, -0.1) is 0 Å². The summed E-state index contributed by atoms with van der Waals surface area (Å²) in [4.78, 5) is 23.7. The van der Waals surface area contributed by atoms with E-state index in [0.717, 1.165) is 17.0 Å². The first kappa shape index (κ1) is 16.0. The third-order valence-electron chi connectivity index (χ3n) is 2.60. The van der Waals surface area contributed by atoms with Gasteiger partial charge in [-0.1, -0.05) is 6.07 Å². The molecule has 1 rings (SSSR count). The standard InChI is InChI=1S/C13H15F2NO4/c1-20-5-4-16(8-13(18)19)12(17)6-9-2-3-10(14)7-11(9)15/h2-3,7H,4-6,8H2,1H3,(H,18,19). The smallest absolute Gasteiger partial charge is 0.323 e. The minimum Gasteiger partial charge on any atom is -0.480 e. The molecule has 1 aromatic rings. The molecule has 1 aromatic carbocycles. The third-order valence-corrected chi connectivity index (χ3v) is 2.60. The second kappa shape index (κ2) is 7.54. The highest BCUT2D eigenvalue weighted by Crippen LogP contribution is 2.11. The Morgan fingerprint density at radius 1 is 1.35 bits per heavy atom. The zero-order chi connectivity index (χ0) is 15.1. The Bertz CT molecular complexity index is 493. The fourth-order valence-electron chi connectivity index (χ4n) is 1.60. The highest BCUT2D eigenvalue weighted by Gasteiger charge is 2.18. The Balaban J connectivity index is 2.76. The van der Waals surface area contributed by atoms with Crippen molar-refractivity contribution in [2.45, 2.75) is 6.42 Å². The van der Waals surface area contributed by atoms with Gasteiger partial charge in [0.15, 0.2) is 0 Å². The quantitative estimate of drug-likeness (QED) is 0.814. The molecule has 0 fully saturated rings. The first-order valence-corrected chi connectivity index (χ1v) is 5.86. The number of hydrogen-bond donors (Lipinski definition) is 1. The topological polar surface area (TPSA) is 66.8 Å². The summed E-state index contributed by atoms with van der Waals surface area (Å²) in [6.45, 7) is -0.236. The molecule has 1 N–H and O–H groups in total. The molecule has 0 spiro atoms. The average Bonchev–Trinajstić information content (AvgIpc) is 2.37. The van der Waals surface area contributed by atoms with Gasteiger partial charge in [-0.05, 0) is 11.6 Å². The van der Waals surface area contributed by atoms with Crippen molar-refractivity contribution in [3.8, 4) is 0 Å². The van der Waals surface area contributed by atoms with Crippen molar-refractivity contribution in [3.05, 3.63) is 35.4 Å². The van der Waals surface area contributed by atoms with Crippen molar-refractivity contribution in [1.29, 1.82) is 0 Å². The van der Waals surface area contributed by atoms with Crippen LogP contribution in [0.2, 0.25) is 0 Å². The van der Waals surface area contributed by atoms with Crippen molar-refractivity contribution in [2.75, 3.05) is 26.8 Å². The molecule has 0 aliphatic rings. The Hall–Kier alpha value is -2.02. The van der Waals surface area contributed by atoms with Gasteiger partial charge in [0.1, 0.15) is 18.2 Å². The van der Waals surface area contributed by atoms with E-state index in [1.807, 2.05) is 0 Å². The molecule has 0 aliphatic carbocycles. The molecular formula is C13H15F2NO4. The first-order chi connectivity index (χ1) is 9.43. The molecule has 0 radical (unpaired) electrons. The van der Waals surface area contributed by atoms with Crippen molar-refractivity contribution in [1.82, 2.24) is 4.90 Å². The normalized spacial score (nSPS) is 10.3. The minimum absolute atomic E-state index is 0.0178. The molecular weight excluding hydrogens is 272 g/mol. The van der Waals surface area contributed by atoms with E-state index in [-0.39, 0.29) is 25.1 Å². The van der Waals surface area contributed by atoms with Crippen LogP contribution in [0.4, 0.5) is 8.78 Å². The molecule has 110 valence electrons. The van der Waals surface area contributed by atoms with Gasteiger partial charge in [0.25, 0.3) is 0 Å². The average molecular weight is 287 g/mol. The number of carbonyl (C=O) groups is 2. The van der Waals surface area contributed by atoms with E-state index in [0.29, 0.717) is 6.07 Å². The number of amides is 1. The molecule has 0 aliphatic heterocycles. The lowest BCUT2D eigenvalue weighted by Crippen LogP contribution is -2.39. The van der Waals surface area contributed by atoms with Crippen LogP contribution in [0.1, 0.15) is 5.56 Å². The number of hydrogen-bond acceptors (Lipinski definition) is 3. The third kappa shape index (κ3) is 4.93. The fourth-order valence-corrected chi connectivity index (χ4v) is 1.60. The number of carbonyl (C=O) groups excluding carboxylic acids is 1. The van der Waals surface area contributed by atoms with Gasteiger partial charge in [0.05, 0.1) is 13.0 Å². The first-order valence-electron chi connectivity index (χ1n) is 5.86. The molecule has 5 nitrogen and oxygen atoms in total. The van der Waals surface area contributed by atoms with E-state index < -0.39 is 30.1 Å². The number of carboxylic acid groups (broad SMARTS) is 1. The number of benzene rings is 1. The maximum Gasteiger partial charge on any atom is 0.323 e. The largest absolute Gasteiger partial charge is 0.480 e. The zero-order valence-corrected chi connectivity index (χ0v) is 10.9.